The molecule has 0 rings (SSSR count). The van der Waals surface area contributed by atoms with Crippen LogP contribution in [0.2, 0.25) is 0 Å². The molecule has 0 heterocycles. The number of carbonyl (C=O) groups excluding carboxylic acids is 2. The van der Waals surface area contributed by atoms with E-state index in [1.54, 1.807) is 13.8 Å². The summed E-state index contributed by atoms with van der Waals surface area (Å²) in [6.45, 7) is 9.10. The quantitative estimate of drug-likeness (QED) is 0.737. The lowest BCUT2D eigenvalue weighted by Crippen LogP contribution is -2.48. The minimum atomic E-state index is -0.649. The largest absolute Gasteiger partial charge is 0.350 e. The number of carbonyl (C=O) groups is 2. The Hall–Kier alpha value is -0.770. The maximum atomic E-state index is 11.6. The van der Waals surface area contributed by atoms with Crippen molar-refractivity contribution in [3.8, 4) is 0 Å². The molecule has 0 bridgehead atoms. The number of nitrogens with one attached hydrogen (secondary N) is 2. The SMILES string of the molecule is CC(C)(C)NC(=O)CNC(=O)C(C)(C)CCl. The molecule has 0 saturated carbocycles. The van der Waals surface area contributed by atoms with Gasteiger partial charge >= 0.3 is 0 Å². The number of amides is 2. The van der Waals surface area contributed by atoms with E-state index in [1.807, 2.05) is 20.8 Å². The fraction of sp³-hybridized carbons (Fsp3) is 0.818. The van der Waals surface area contributed by atoms with Crippen molar-refractivity contribution in [2.45, 2.75) is 40.2 Å². The van der Waals surface area contributed by atoms with Crippen LogP contribution >= 0.6 is 11.6 Å². The van der Waals surface area contributed by atoms with Crippen LogP contribution in [0, 0.1) is 5.41 Å². The number of alkyl halides is 1. The molecule has 0 aliphatic heterocycles. The summed E-state index contributed by atoms with van der Waals surface area (Å²) in [5, 5.41) is 5.32. The third-order valence-corrected chi connectivity index (χ3v) is 2.54. The van der Waals surface area contributed by atoms with Crippen LogP contribution in [0.5, 0.6) is 0 Å². The van der Waals surface area contributed by atoms with Gasteiger partial charge in [-0.15, -0.1) is 11.6 Å². The van der Waals surface area contributed by atoms with Gasteiger partial charge < -0.3 is 10.6 Å². The van der Waals surface area contributed by atoms with E-state index >= 15 is 0 Å². The van der Waals surface area contributed by atoms with Gasteiger partial charge in [-0.2, -0.15) is 0 Å². The van der Waals surface area contributed by atoms with Crippen LogP contribution in [0.25, 0.3) is 0 Å². The zero-order valence-corrected chi connectivity index (χ0v) is 11.4. The van der Waals surface area contributed by atoms with Crippen LogP contribution in [-0.4, -0.2) is 29.8 Å². The Labute approximate surface area is 102 Å². The monoisotopic (exact) mass is 248 g/mol. The molecular weight excluding hydrogens is 228 g/mol. The Morgan fingerprint density at radius 1 is 1.12 bits per heavy atom. The van der Waals surface area contributed by atoms with E-state index in [0.29, 0.717) is 0 Å². The highest BCUT2D eigenvalue weighted by molar-refractivity contribution is 6.19. The van der Waals surface area contributed by atoms with Crippen molar-refractivity contribution in [3.05, 3.63) is 0 Å². The van der Waals surface area contributed by atoms with Crippen LogP contribution in [0.3, 0.4) is 0 Å². The van der Waals surface area contributed by atoms with Gasteiger partial charge in [0.25, 0.3) is 0 Å². The summed E-state index contributed by atoms with van der Waals surface area (Å²) in [4.78, 5) is 23.0. The molecule has 0 aromatic carbocycles. The lowest BCUT2D eigenvalue weighted by molar-refractivity contribution is -0.131. The third kappa shape index (κ3) is 5.95. The van der Waals surface area contributed by atoms with Crippen molar-refractivity contribution in [1.29, 1.82) is 0 Å². The molecule has 5 heteroatoms. The Morgan fingerprint density at radius 2 is 1.62 bits per heavy atom. The van der Waals surface area contributed by atoms with Crippen LogP contribution < -0.4 is 10.6 Å². The molecule has 0 aromatic rings. The molecule has 16 heavy (non-hydrogen) atoms. The summed E-state index contributed by atoms with van der Waals surface area (Å²) in [5.74, 6) is -0.197. The molecule has 0 fully saturated rings. The number of halogens is 1. The Balaban J connectivity index is 4.08. The first-order valence-corrected chi connectivity index (χ1v) is 5.77. The summed E-state index contributed by atoms with van der Waals surface area (Å²) in [7, 11) is 0. The average molecular weight is 249 g/mol. The van der Waals surface area contributed by atoms with Crippen molar-refractivity contribution >= 4 is 23.4 Å². The van der Waals surface area contributed by atoms with Gasteiger partial charge in [-0.05, 0) is 34.6 Å². The van der Waals surface area contributed by atoms with Gasteiger partial charge in [0.15, 0.2) is 0 Å². The second kappa shape index (κ2) is 5.53. The first-order chi connectivity index (χ1) is 7.08. The van der Waals surface area contributed by atoms with Crippen LogP contribution in [0.15, 0.2) is 0 Å². The maximum absolute atomic E-state index is 11.6. The van der Waals surface area contributed by atoms with E-state index < -0.39 is 5.41 Å². The van der Waals surface area contributed by atoms with Gasteiger partial charge in [-0.3, -0.25) is 9.59 Å². The molecule has 0 aromatic heterocycles. The number of hydrogen-bond acceptors (Lipinski definition) is 2. The topological polar surface area (TPSA) is 58.2 Å². The lowest BCUT2D eigenvalue weighted by Gasteiger charge is -2.23. The van der Waals surface area contributed by atoms with Crippen molar-refractivity contribution in [3.63, 3.8) is 0 Å². The third-order valence-electron chi connectivity index (χ3n) is 1.87. The molecule has 2 amide bonds. The molecule has 0 saturated heterocycles. The molecular formula is C11H21ClN2O2. The molecule has 0 radical (unpaired) electrons. The first kappa shape index (κ1) is 15.2. The van der Waals surface area contributed by atoms with Crippen molar-refractivity contribution in [1.82, 2.24) is 10.6 Å². The highest BCUT2D eigenvalue weighted by atomic mass is 35.5. The second-order valence-electron chi connectivity index (χ2n) is 5.50. The minimum Gasteiger partial charge on any atom is -0.350 e. The van der Waals surface area contributed by atoms with Gasteiger partial charge in [0, 0.05) is 11.4 Å². The van der Waals surface area contributed by atoms with Gasteiger partial charge in [-0.1, -0.05) is 0 Å². The number of hydrogen-bond donors (Lipinski definition) is 2. The molecule has 0 spiro atoms. The molecule has 0 aliphatic carbocycles. The van der Waals surface area contributed by atoms with E-state index in [-0.39, 0.29) is 29.8 Å². The highest BCUT2D eigenvalue weighted by Crippen LogP contribution is 2.16. The van der Waals surface area contributed by atoms with Crippen LogP contribution in [-0.2, 0) is 9.59 Å². The molecule has 2 N–H and O–H groups in total. The van der Waals surface area contributed by atoms with Gasteiger partial charge in [0.05, 0.1) is 12.0 Å². The molecule has 0 unspecified atom stereocenters. The summed E-state index contributed by atoms with van der Waals surface area (Å²) in [6.07, 6.45) is 0. The molecule has 94 valence electrons. The van der Waals surface area contributed by atoms with E-state index in [1.165, 1.54) is 0 Å². The molecule has 4 nitrogen and oxygen atoms in total. The lowest BCUT2D eigenvalue weighted by atomic mass is 9.95. The standard InChI is InChI=1S/C11H21ClN2O2/c1-10(2,3)14-8(15)6-13-9(16)11(4,5)7-12/h6-7H2,1-5H3,(H,13,16)(H,14,15). The van der Waals surface area contributed by atoms with Crippen LogP contribution in [0.1, 0.15) is 34.6 Å². The van der Waals surface area contributed by atoms with Gasteiger partial charge in [-0.25, -0.2) is 0 Å². The van der Waals surface area contributed by atoms with E-state index in [0.717, 1.165) is 0 Å². The van der Waals surface area contributed by atoms with Crippen molar-refractivity contribution in [2.75, 3.05) is 12.4 Å². The van der Waals surface area contributed by atoms with Gasteiger partial charge in [0.1, 0.15) is 0 Å². The Kier molecular flexibility index (Phi) is 5.26. The van der Waals surface area contributed by atoms with Crippen molar-refractivity contribution < 1.29 is 9.59 Å². The van der Waals surface area contributed by atoms with Crippen molar-refractivity contribution in [2.24, 2.45) is 5.41 Å². The maximum Gasteiger partial charge on any atom is 0.239 e. The minimum absolute atomic E-state index is 0.0174. The smallest absolute Gasteiger partial charge is 0.239 e. The van der Waals surface area contributed by atoms with Gasteiger partial charge in [0.2, 0.25) is 11.8 Å². The predicted octanol–water partition coefficient (Wildman–Crippen LogP) is 1.28. The Morgan fingerprint density at radius 3 is 2.00 bits per heavy atom. The van der Waals surface area contributed by atoms with E-state index in [2.05, 4.69) is 10.6 Å². The Bertz CT molecular complexity index is 270. The summed E-state index contributed by atoms with van der Waals surface area (Å²) in [5.41, 5.74) is -0.937. The van der Waals surface area contributed by atoms with Crippen LogP contribution in [0.4, 0.5) is 0 Å². The predicted molar refractivity (Wildman–Crippen MR) is 65.4 cm³/mol. The fourth-order valence-corrected chi connectivity index (χ4v) is 1.04. The second-order valence-corrected chi connectivity index (χ2v) is 5.77. The zero-order valence-electron chi connectivity index (χ0n) is 10.6. The highest BCUT2D eigenvalue weighted by Gasteiger charge is 2.26. The van der Waals surface area contributed by atoms with E-state index in [9.17, 15) is 9.59 Å². The normalized spacial score (nSPS) is 12.1. The molecule has 0 aliphatic rings. The fourth-order valence-electron chi connectivity index (χ4n) is 0.923. The molecule has 0 atom stereocenters. The summed E-state index contributed by atoms with van der Waals surface area (Å²) >= 11 is 5.65. The average Bonchev–Trinajstić information content (AvgIpc) is 2.11. The zero-order chi connectivity index (χ0) is 13.0. The summed E-state index contributed by atoms with van der Waals surface area (Å²) < 4.78 is 0. The summed E-state index contributed by atoms with van der Waals surface area (Å²) in [6, 6.07) is 0. The number of rotatable bonds is 4. The first-order valence-electron chi connectivity index (χ1n) is 5.24. The van der Waals surface area contributed by atoms with E-state index in [4.69, 9.17) is 11.6 Å².